The van der Waals surface area contributed by atoms with Gasteiger partial charge in [-0.1, -0.05) is 11.2 Å². The normalized spacial score (nSPS) is 12.4. The average Bonchev–Trinajstić information content (AvgIpc) is 2.73. The lowest BCUT2D eigenvalue weighted by Crippen LogP contribution is -1.99. The highest BCUT2D eigenvalue weighted by Gasteiger charge is 2.06. The molecule has 2 aromatic rings. The van der Waals surface area contributed by atoms with E-state index >= 15 is 0 Å². The first-order chi connectivity index (χ1) is 8.56. The third kappa shape index (κ3) is 2.90. The van der Waals surface area contributed by atoms with Crippen LogP contribution in [0.2, 0.25) is 0 Å². The highest BCUT2D eigenvalue weighted by atomic mass is 16.5. The minimum atomic E-state index is -0.462. The van der Waals surface area contributed by atoms with Gasteiger partial charge in [-0.15, -0.1) is 0 Å². The Balaban J connectivity index is 2.05. The number of rotatable bonds is 4. The maximum Gasteiger partial charge on any atom is 0.134 e. The molecular weight excluding hydrogens is 230 g/mol. The molecule has 4 nitrogen and oxygen atoms in total. The Morgan fingerprint density at radius 2 is 2.11 bits per heavy atom. The first-order valence-corrected chi connectivity index (χ1v) is 5.90. The zero-order valence-electron chi connectivity index (χ0n) is 10.8. The van der Waals surface area contributed by atoms with Crippen molar-refractivity contribution in [1.82, 2.24) is 5.16 Å². The molecule has 0 amide bonds. The summed E-state index contributed by atoms with van der Waals surface area (Å²) in [5, 5.41) is 13.4. The number of ether oxygens (including phenoxy) is 1. The summed E-state index contributed by atoms with van der Waals surface area (Å²) in [4.78, 5) is 0. The molecule has 96 valence electrons. The summed E-state index contributed by atoms with van der Waals surface area (Å²) in [6.07, 6.45) is -0.462. The number of hydrogen-bond acceptors (Lipinski definition) is 4. The van der Waals surface area contributed by atoms with E-state index in [1.165, 1.54) is 0 Å². The number of hydrogen-bond donors (Lipinski definition) is 1. The molecule has 0 aliphatic heterocycles. The molecule has 1 heterocycles. The van der Waals surface area contributed by atoms with Crippen molar-refractivity contribution in [2.75, 3.05) is 0 Å². The summed E-state index contributed by atoms with van der Waals surface area (Å²) >= 11 is 0. The van der Waals surface area contributed by atoms with Crippen LogP contribution in [-0.4, -0.2) is 10.3 Å². The van der Waals surface area contributed by atoms with Crippen molar-refractivity contribution >= 4 is 0 Å². The lowest BCUT2D eigenvalue weighted by atomic mass is 10.1. The van der Waals surface area contributed by atoms with E-state index in [-0.39, 0.29) is 0 Å². The topological polar surface area (TPSA) is 55.5 Å². The quantitative estimate of drug-likeness (QED) is 0.902. The molecule has 0 bridgehead atoms. The van der Waals surface area contributed by atoms with Crippen LogP contribution in [0.3, 0.4) is 0 Å². The van der Waals surface area contributed by atoms with Gasteiger partial charge in [-0.25, -0.2) is 0 Å². The number of nitrogens with zero attached hydrogens (tertiary/aromatic N) is 1. The SMILES string of the molecule is Cc1cc(COc2ccc([C@H](C)O)cc2C)no1. The zero-order chi connectivity index (χ0) is 13.1. The second-order valence-electron chi connectivity index (χ2n) is 4.42. The Morgan fingerprint density at radius 1 is 1.33 bits per heavy atom. The van der Waals surface area contributed by atoms with Gasteiger partial charge in [0.2, 0.25) is 0 Å². The van der Waals surface area contributed by atoms with Gasteiger partial charge >= 0.3 is 0 Å². The average molecular weight is 247 g/mol. The van der Waals surface area contributed by atoms with Gasteiger partial charge in [0.15, 0.2) is 0 Å². The van der Waals surface area contributed by atoms with Crippen molar-refractivity contribution < 1.29 is 14.4 Å². The van der Waals surface area contributed by atoms with Crippen molar-refractivity contribution in [1.29, 1.82) is 0 Å². The molecule has 0 unspecified atom stereocenters. The Bertz CT molecular complexity index is 532. The maximum atomic E-state index is 9.49. The van der Waals surface area contributed by atoms with Crippen molar-refractivity contribution in [2.45, 2.75) is 33.5 Å². The predicted molar refractivity (Wildman–Crippen MR) is 67.4 cm³/mol. The number of aliphatic hydroxyl groups is 1. The van der Waals surface area contributed by atoms with E-state index in [1.54, 1.807) is 6.92 Å². The lowest BCUT2D eigenvalue weighted by Gasteiger charge is -2.10. The van der Waals surface area contributed by atoms with Gasteiger partial charge in [0.1, 0.15) is 23.8 Å². The molecule has 0 spiro atoms. The largest absolute Gasteiger partial charge is 0.487 e. The monoisotopic (exact) mass is 247 g/mol. The van der Waals surface area contributed by atoms with Crippen LogP contribution in [0, 0.1) is 13.8 Å². The lowest BCUT2D eigenvalue weighted by molar-refractivity contribution is 0.199. The highest BCUT2D eigenvalue weighted by Crippen LogP contribution is 2.23. The van der Waals surface area contributed by atoms with E-state index in [0.717, 1.165) is 28.3 Å². The summed E-state index contributed by atoms with van der Waals surface area (Å²) in [5.74, 6) is 1.56. The molecule has 18 heavy (non-hydrogen) atoms. The standard InChI is InChI=1S/C14H17NO3/c1-9-6-12(11(3)16)4-5-14(9)17-8-13-7-10(2)18-15-13/h4-7,11,16H,8H2,1-3H3/t11-/m0/s1. The van der Waals surface area contributed by atoms with Gasteiger partial charge in [0.05, 0.1) is 6.10 Å². The molecule has 0 saturated carbocycles. The fourth-order valence-electron chi connectivity index (χ4n) is 1.73. The molecule has 4 heteroatoms. The molecule has 0 saturated heterocycles. The van der Waals surface area contributed by atoms with E-state index in [4.69, 9.17) is 9.26 Å². The fraction of sp³-hybridized carbons (Fsp3) is 0.357. The number of aromatic nitrogens is 1. The molecule has 0 aliphatic carbocycles. The summed E-state index contributed by atoms with van der Waals surface area (Å²) in [5.41, 5.74) is 2.65. The van der Waals surface area contributed by atoms with E-state index in [2.05, 4.69) is 5.16 Å². The van der Waals surface area contributed by atoms with E-state index < -0.39 is 6.10 Å². The van der Waals surface area contributed by atoms with Gasteiger partial charge in [-0.2, -0.15) is 0 Å². The number of benzene rings is 1. The molecule has 1 aromatic heterocycles. The molecule has 1 N–H and O–H groups in total. The predicted octanol–water partition coefficient (Wildman–Crippen LogP) is 2.92. The van der Waals surface area contributed by atoms with E-state index in [0.29, 0.717) is 6.61 Å². The second kappa shape index (κ2) is 5.23. The maximum absolute atomic E-state index is 9.49. The van der Waals surface area contributed by atoms with Gasteiger partial charge in [0.25, 0.3) is 0 Å². The summed E-state index contributed by atoms with van der Waals surface area (Å²) in [7, 11) is 0. The number of aliphatic hydroxyl groups excluding tert-OH is 1. The minimum absolute atomic E-state index is 0.381. The van der Waals surface area contributed by atoms with Crippen LogP contribution in [0.25, 0.3) is 0 Å². The molecule has 2 rings (SSSR count). The first-order valence-electron chi connectivity index (χ1n) is 5.90. The van der Waals surface area contributed by atoms with Crippen molar-refractivity contribution in [2.24, 2.45) is 0 Å². The second-order valence-corrected chi connectivity index (χ2v) is 4.42. The third-order valence-electron chi connectivity index (χ3n) is 2.73. The third-order valence-corrected chi connectivity index (χ3v) is 2.73. The molecule has 0 radical (unpaired) electrons. The molecule has 0 fully saturated rings. The van der Waals surface area contributed by atoms with Crippen molar-refractivity contribution in [3.05, 3.63) is 46.8 Å². The van der Waals surface area contributed by atoms with Crippen LogP contribution >= 0.6 is 0 Å². The van der Waals surface area contributed by atoms with Crippen LogP contribution < -0.4 is 4.74 Å². The zero-order valence-corrected chi connectivity index (χ0v) is 10.8. The highest BCUT2D eigenvalue weighted by molar-refractivity contribution is 5.37. The molecule has 0 aliphatic rings. The van der Waals surface area contributed by atoms with Gasteiger partial charge in [0, 0.05) is 6.07 Å². The Hall–Kier alpha value is -1.81. The summed E-state index contributed by atoms with van der Waals surface area (Å²) < 4.78 is 10.6. The Morgan fingerprint density at radius 3 is 2.67 bits per heavy atom. The van der Waals surface area contributed by atoms with Crippen molar-refractivity contribution in [3.8, 4) is 5.75 Å². The smallest absolute Gasteiger partial charge is 0.134 e. The van der Waals surface area contributed by atoms with Crippen LogP contribution in [0.5, 0.6) is 5.75 Å². The Kier molecular flexibility index (Phi) is 3.67. The van der Waals surface area contributed by atoms with Crippen LogP contribution in [0.15, 0.2) is 28.8 Å². The van der Waals surface area contributed by atoms with Crippen LogP contribution in [0.1, 0.15) is 35.6 Å². The van der Waals surface area contributed by atoms with Gasteiger partial charge in [-0.3, -0.25) is 0 Å². The van der Waals surface area contributed by atoms with Gasteiger partial charge < -0.3 is 14.4 Å². The molecular formula is C14H17NO3. The minimum Gasteiger partial charge on any atom is -0.487 e. The summed E-state index contributed by atoms with van der Waals surface area (Å²) in [6.45, 7) is 5.92. The van der Waals surface area contributed by atoms with Crippen LogP contribution in [0.4, 0.5) is 0 Å². The molecule has 1 atom stereocenters. The van der Waals surface area contributed by atoms with E-state index in [9.17, 15) is 5.11 Å². The molecule has 1 aromatic carbocycles. The Labute approximate surface area is 106 Å². The van der Waals surface area contributed by atoms with Crippen molar-refractivity contribution in [3.63, 3.8) is 0 Å². The number of aryl methyl sites for hydroxylation is 2. The van der Waals surface area contributed by atoms with E-state index in [1.807, 2.05) is 38.1 Å². The van der Waals surface area contributed by atoms with Gasteiger partial charge in [-0.05, 0) is 44.0 Å². The van der Waals surface area contributed by atoms with Crippen LogP contribution in [-0.2, 0) is 6.61 Å². The fourth-order valence-corrected chi connectivity index (χ4v) is 1.73. The summed E-state index contributed by atoms with van der Waals surface area (Å²) in [6, 6.07) is 7.50. The first kappa shape index (κ1) is 12.6.